The number of hydrogen-bond donors (Lipinski definition) is 1. The minimum Gasteiger partial charge on any atom is -0.495 e. The van der Waals surface area contributed by atoms with Crippen LogP contribution in [-0.4, -0.2) is 37.1 Å². The van der Waals surface area contributed by atoms with Gasteiger partial charge in [-0.15, -0.1) is 11.8 Å². The normalized spacial score (nSPS) is 18.8. The molecule has 2 aliphatic rings. The molecule has 1 N–H and O–H groups in total. The Morgan fingerprint density at radius 2 is 1.86 bits per heavy atom. The first kappa shape index (κ1) is 22.9. The van der Waals surface area contributed by atoms with E-state index in [0.29, 0.717) is 28.4 Å². The van der Waals surface area contributed by atoms with Crippen LogP contribution in [-0.2, 0) is 19.3 Å². The number of benzene rings is 3. The van der Waals surface area contributed by atoms with Crippen molar-refractivity contribution in [3.63, 3.8) is 0 Å². The van der Waals surface area contributed by atoms with Gasteiger partial charge in [-0.2, -0.15) is 0 Å². The lowest BCUT2D eigenvalue weighted by molar-refractivity contribution is -0.124. The summed E-state index contributed by atoms with van der Waals surface area (Å²) < 4.78 is 18.9. The van der Waals surface area contributed by atoms with Crippen LogP contribution < -0.4 is 19.9 Å². The van der Waals surface area contributed by atoms with Crippen LogP contribution in [0.5, 0.6) is 5.75 Å². The molecule has 0 bridgehead atoms. The summed E-state index contributed by atoms with van der Waals surface area (Å²) in [5, 5.41) is 2.80. The van der Waals surface area contributed by atoms with Crippen molar-refractivity contribution in [3.8, 4) is 5.75 Å². The van der Waals surface area contributed by atoms with Crippen molar-refractivity contribution in [3.05, 3.63) is 83.7 Å². The fourth-order valence-electron chi connectivity index (χ4n) is 4.54. The Kier molecular flexibility index (Phi) is 5.72. The van der Waals surface area contributed by atoms with Gasteiger partial charge in [-0.1, -0.05) is 29.8 Å². The van der Waals surface area contributed by atoms with E-state index in [4.69, 9.17) is 4.74 Å². The van der Waals surface area contributed by atoms with Crippen molar-refractivity contribution >= 4 is 46.5 Å². The molecule has 1 atom stereocenters. The van der Waals surface area contributed by atoms with Gasteiger partial charge < -0.3 is 10.1 Å². The number of fused-ring (bicyclic) bond motifs is 2. The number of para-hydroxylation sites is 2. The molecular weight excluding hydrogens is 469 g/mol. The van der Waals surface area contributed by atoms with Crippen LogP contribution in [0.4, 0.5) is 21.5 Å². The highest BCUT2D eigenvalue weighted by atomic mass is 32.2. The molecule has 0 aliphatic carbocycles. The van der Waals surface area contributed by atoms with Crippen LogP contribution in [0.1, 0.15) is 11.1 Å². The topological polar surface area (TPSA) is 79.0 Å². The summed E-state index contributed by atoms with van der Waals surface area (Å²) in [5.74, 6) is -0.922. The highest BCUT2D eigenvalue weighted by Crippen LogP contribution is 2.55. The number of ether oxygens (including phenoxy) is 1. The van der Waals surface area contributed by atoms with E-state index in [0.717, 1.165) is 5.56 Å². The molecule has 3 aromatic carbocycles. The van der Waals surface area contributed by atoms with Crippen molar-refractivity contribution < 1.29 is 23.5 Å². The SMILES string of the molecule is COc1ccccc1NC(=O)CN1C(=O)[C@]2(SCC(=O)N2c2ccc(F)cc2)c2cc(C)ccc21. The molecule has 0 saturated carbocycles. The molecule has 3 aromatic rings. The van der Waals surface area contributed by atoms with E-state index in [1.807, 2.05) is 19.1 Å². The molecule has 7 nitrogen and oxygen atoms in total. The van der Waals surface area contributed by atoms with Gasteiger partial charge in [0.05, 0.1) is 24.2 Å². The minimum atomic E-state index is -1.37. The van der Waals surface area contributed by atoms with E-state index in [9.17, 15) is 18.8 Å². The second-order valence-electron chi connectivity index (χ2n) is 8.30. The predicted octanol–water partition coefficient (Wildman–Crippen LogP) is 4.06. The third-order valence-corrected chi connectivity index (χ3v) is 7.47. The van der Waals surface area contributed by atoms with E-state index in [-0.39, 0.29) is 18.2 Å². The number of rotatable bonds is 5. The number of methoxy groups -OCH3 is 1. The molecule has 3 amide bonds. The summed E-state index contributed by atoms with van der Waals surface area (Å²) in [6.07, 6.45) is 0. The van der Waals surface area contributed by atoms with E-state index in [1.165, 1.54) is 52.9 Å². The third-order valence-electron chi connectivity index (χ3n) is 6.08. The molecule has 0 radical (unpaired) electrons. The molecule has 5 rings (SSSR count). The number of amides is 3. The number of anilines is 3. The summed E-state index contributed by atoms with van der Waals surface area (Å²) in [4.78, 5) is 41.6. The highest BCUT2D eigenvalue weighted by molar-refractivity contribution is 8.02. The Labute approximate surface area is 205 Å². The Balaban J connectivity index is 1.53. The molecule has 0 unspecified atom stereocenters. The molecule has 1 fully saturated rings. The summed E-state index contributed by atoms with van der Waals surface area (Å²) in [5.41, 5.74) is 3.01. The number of aryl methyl sites for hydroxylation is 1. The Morgan fingerprint density at radius 3 is 2.60 bits per heavy atom. The van der Waals surface area contributed by atoms with Gasteiger partial charge in [0.15, 0.2) is 0 Å². The molecule has 2 aliphatic heterocycles. The third kappa shape index (κ3) is 3.72. The fraction of sp³-hybridized carbons (Fsp3) is 0.192. The number of thioether (sulfide) groups is 1. The molecule has 1 spiro atoms. The summed E-state index contributed by atoms with van der Waals surface area (Å²) in [7, 11) is 1.51. The molecule has 1 saturated heterocycles. The van der Waals surface area contributed by atoms with Crippen LogP contribution in [0.2, 0.25) is 0 Å². The van der Waals surface area contributed by atoms with Crippen molar-refractivity contribution in [2.45, 2.75) is 11.8 Å². The van der Waals surface area contributed by atoms with Crippen LogP contribution in [0.15, 0.2) is 66.7 Å². The average Bonchev–Trinajstić information content (AvgIpc) is 3.30. The maximum Gasteiger partial charge on any atom is 0.269 e. The first-order valence-electron chi connectivity index (χ1n) is 10.9. The minimum absolute atomic E-state index is 0.0811. The molecular formula is C26H22FN3O4S. The lowest BCUT2D eigenvalue weighted by Crippen LogP contribution is -2.50. The van der Waals surface area contributed by atoms with Crippen LogP contribution in [0.3, 0.4) is 0 Å². The molecule has 2 heterocycles. The lowest BCUT2D eigenvalue weighted by Gasteiger charge is -2.33. The maximum atomic E-state index is 14.0. The Morgan fingerprint density at radius 1 is 1.11 bits per heavy atom. The predicted molar refractivity (Wildman–Crippen MR) is 133 cm³/mol. The van der Waals surface area contributed by atoms with Crippen LogP contribution >= 0.6 is 11.8 Å². The van der Waals surface area contributed by atoms with Gasteiger partial charge in [0.1, 0.15) is 18.1 Å². The van der Waals surface area contributed by atoms with E-state index in [1.54, 1.807) is 30.3 Å². The van der Waals surface area contributed by atoms with Gasteiger partial charge in [0.25, 0.3) is 5.91 Å². The average molecular weight is 492 g/mol. The van der Waals surface area contributed by atoms with Crippen LogP contribution in [0.25, 0.3) is 0 Å². The van der Waals surface area contributed by atoms with Crippen molar-refractivity contribution in [1.82, 2.24) is 0 Å². The number of nitrogens with zero attached hydrogens (tertiary/aromatic N) is 2. The standard InChI is InChI=1S/C26H22FN3O4S/c1-16-7-12-21-19(13-16)26(30(24(32)15-35-26)18-10-8-17(27)9-11-18)25(33)29(21)14-23(31)28-20-5-3-4-6-22(20)34-2/h3-13H,14-15H2,1-2H3,(H,28,31)/t26-/m1/s1. The first-order chi connectivity index (χ1) is 16.8. The van der Waals surface area contributed by atoms with Crippen molar-refractivity contribution in [2.24, 2.45) is 0 Å². The molecule has 0 aromatic heterocycles. The van der Waals surface area contributed by atoms with Crippen molar-refractivity contribution in [2.75, 3.05) is 34.5 Å². The zero-order valence-electron chi connectivity index (χ0n) is 19.1. The summed E-state index contributed by atoms with van der Waals surface area (Å²) in [6, 6.07) is 18.0. The largest absolute Gasteiger partial charge is 0.495 e. The van der Waals surface area contributed by atoms with Gasteiger partial charge in [-0.3, -0.25) is 24.2 Å². The number of halogens is 1. The van der Waals surface area contributed by atoms with Gasteiger partial charge in [0, 0.05) is 11.3 Å². The molecule has 35 heavy (non-hydrogen) atoms. The number of nitrogens with one attached hydrogen (secondary N) is 1. The Bertz CT molecular complexity index is 1350. The number of hydrogen-bond acceptors (Lipinski definition) is 5. The monoisotopic (exact) mass is 491 g/mol. The second kappa shape index (κ2) is 8.74. The summed E-state index contributed by atoms with van der Waals surface area (Å²) >= 11 is 1.21. The quantitative estimate of drug-likeness (QED) is 0.582. The first-order valence-corrected chi connectivity index (χ1v) is 11.9. The highest BCUT2D eigenvalue weighted by Gasteiger charge is 2.61. The van der Waals surface area contributed by atoms with Gasteiger partial charge in [-0.05, 0) is 49.4 Å². The Hall–Kier alpha value is -3.85. The second-order valence-corrected chi connectivity index (χ2v) is 9.47. The van der Waals surface area contributed by atoms with E-state index in [2.05, 4.69) is 5.32 Å². The van der Waals surface area contributed by atoms with Gasteiger partial charge in [-0.25, -0.2) is 4.39 Å². The molecule has 178 valence electrons. The zero-order valence-corrected chi connectivity index (χ0v) is 19.9. The molecule has 9 heteroatoms. The lowest BCUT2D eigenvalue weighted by atomic mass is 10.0. The summed E-state index contributed by atoms with van der Waals surface area (Å²) in [6.45, 7) is 1.65. The smallest absolute Gasteiger partial charge is 0.269 e. The van der Waals surface area contributed by atoms with E-state index < -0.39 is 22.5 Å². The number of carbonyl (C=O) groups is 3. The fourth-order valence-corrected chi connectivity index (χ4v) is 5.90. The van der Waals surface area contributed by atoms with Gasteiger partial charge >= 0.3 is 0 Å². The maximum absolute atomic E-state index is 14.0. The van der Waals surface area contributed by atoms with Crippen LogP contribution in [0, 0.1) is 12.7 Å². The zero-order chi connectivity index (χ0) is 24.7. The van der Waals surface area contributed by atoms with Crippen molar-refractivity contribution in [1.29, 1.82) is 0 Å². The van der Waals surface area contributed by atoms with E-state index >= 15 is 0 Å². The van der Waals surface area contributed by atoms with Gasteiger partial charge in [0.2, 0.25) is 16.7 Å². The number of carbonyl (C=O) groups excluding carboxylic acids is 3.